The molecule has 1 aliphatic carbocycles. The third-order valence-corrected chi connectivity index (χ3v) is 3.53. The van der Waals surface area contributed by atoms with Crippen LogP contribution in [0.4, 0.5) is 5.69 Å². The van der Waals surface area contributed by atoms with Crippen molar-refractivity contribution in [1.82, 2.24) is 14.9 Å². The molecule has 1 N–H and O–H groups in total. The zero-order valence-corrected chi connectivity index (χ0v) is 11.0. The van der Waals surface area contributed by atoms with E-state index in [0.29, 0.717) is 19.1 Å². The number of benzene rings is 1. The zero-order chi connectivity index (χ0) is 13.9. The quantitative estimate of drug-likeness (QED) is 0.647. The largest absolute Gasteiger partial charge is 0.348 e. The van der Waals surface area contributed by atoms with Gasteiger partial charge in [0.05, 0.1) is 11.5 Å². The number of nitrogens with zero attached hydrogens (tertiary/aromatic N) is 3. The van der Waals surface area contributed by atoms with Crippen LogP contribution < -0.4 is 0 Å². The van der Waals surface area contributed by atoms with Gasteiger partial charge in [-0.1, -0.05) is 18.2 Å². The van der Waals surface area contributed by atoms with E-state index in [1.165, 1.54) is 0 Å². The molecule has 1 aromatic heterocycles. The summed E-state index contributed by atoms with van der Waals surface area (Å²) >= 11 is 0. The third kappa shape index (κ3) is 2.85. The van der Waals surface area contributed by atoms with Crippen LogP contribution in [0.5, 0.6) is 0 Å². The Labute approximate surface area is 116 Å². The highest BCUT2D eigenvalue weighted by molar-refractivity contribution is 5.39. The summed E-state index contributed by atoms with van der Waals surface area (Å²) in [5.41, 5.74) is 0.952. The van der Waals surface area contributed by atoms with Crippen LogP contribution in [0, 0.1) is 10.1 Å². The second-order valence-corrected chi connectivity index (χ2v) is 5.06. The Morgan fingerprint density at radius 3 is 2.80 bits per heavy atom. The van der Waals surface area contributed by atoms with Crippen molar-refractivity contribution in [2.45, 2.75) is 32.0 Å². The number of aromatic amines is 1. The Balaban J connectivity index is 1.78. The zero-order valence-electron chi connectivity index (χ0n) is 11.0. The Hall–Kier alpha value is -2.21. The van der Waals surface area contributed by atoms with Gasteiger partial charge in [0.2, 0.25) is 0 Å². The van der Waals surface area contributed by atoms with E-state index in [-0.39, 0.29) is 10.6 Å². The molecule has 0 bridgehead atoms. The van der Waals surface area contributed by atoms with Gasteiger partial charge in [0.25, 0.3) is 5.69 Å². The number of nitro benzene ring substituents is 1. The van der Waals surface area contributed by atoms with Crippen LogP contribution in [-0.2, 0) is 13.1 Å². The lowest BCUT2D eigenvalue weighted by molar-refractivity contribution is -0.385. The van der Waals surface area contributed by atoms with Gasteiger partial charge in [-0.25, -0.2) is 4.98 Å². The third-order valence-electron chi connectivity index (χ3n) is 3.53. The monoisotopic (exact) mass is 272 g/mol. The highest BCUT2D eigenvalue weighted by Crippen LogP contribution is 2.31. The molecule has 0 spiro atoms. The fourth-order valence-electron chi connectivity index (χ4n) is 2.37. The van der Waals surface area contributed by atoms with Crippen LogP contribution in [-0.4, -0.2) is 25.8 Å². The highest BCUT2D eigenvalue weighted by Gasteiger charge is 2.30. The minimum atomic E-state index is -0.312. The van der Waals surface area contributed by atoms with E-state index in [0.717, 1.165) is 24.2 Å². The first-order valence-corrected chi connectivity index (χ1v) is 6.68. The number of hydrogen-bond acceptors (Lipinski definition) is 4. The van der Waals surface area contributed by atoms with Gasteiger partial charge in [0.15, 0.2) is 0 Å². The lowest BCUT2D eigenvalue weighted by Gasteiger charge is -2.20. The fourth-order valence-corrected chi connectivity index (χ4v) is 2.37. The van der Waals surface area contributed by atoms with Crippen molar-refractivity contribution in [2.24, 2.45) is 0 Å². The minimum Gasteiger partial charge on any atom is -0.348 e. The number of nitrogens with one attached hydrogen (secondary N) is 1. The van der Waals surface area contributed by atoms with Crippen molar-refractivity contribution < 1.29 is 4.92 Å². The second kappa shape index (κ2) is 5.42. The molecule has 2 aromatic rings. The molecule has 20 heavy (non-hydrogen) atoms. The molecule has 1 saturated carbocycles. The van der Waals surface area contributed by atoms with Crippen LogP contribution >= 0.6 is 0 Å². The topological polar surface area (TPSA) is 75.1 Å². The molecule has 1 heterocycles. The van der Waals surface area contributed by atoms with Gasteiger partial charge in [0.1, 0.15) is 5.82 Å². The summed E-state index contributed by atoms with van der Waals surface area (Å²) in [4.78, 5) is 20.3. The Morgan fingerprint density at radius 1 is 1.35 bits per heavy atom. The maximum atomic E-state index is 11.1. The van der Waals surface area contributed by atoms with Gasteiger partial charge in [-0.15, -0.1) is 0 Å². The number of hydrogen-bond donors (Lipinski definition) is 1. The molecule has 104 valence electrons. The van der Waals surface area contributed by atoms with Crippen molar-refractivity contribution >= 4 is 5.69 Å². The fraction of sp³-hybridized carbons (Fsp3) is 0.357. The summed E-state index contributed by atoms with van der Waals surface area (Å²) in [6, 6.07) is 7.46. The molecular formula is C14H16N4O2. The summed E-state index contributed by atoms with van der Waals surface area (Å²) < 4.78 is 0. The summed E-state index contributed by atoms with van der Waals surface area (Å²) in [7, 11) is 0. The van der Waals surface area contributed by atoms with Crippen molar-refractivity contribution in [3.8, 4) is 0 Å². The molecule has 0 unspecified atom stereocenters. The lowest BCUT2D eigenvalue weighted by Crippen LogP contribution is -2.26. The standard InChI is InChI=1S/C14H16N4O2/c19-18(20)13-4-2-1-3-11(13)9-17(12-5-6-12)10-14-15-7-8-16-14/h1-4,7-8,12H,5-6,9-10H2,(H,15,16). The first-order chi connectivity index (χ1) is 9.74. The van der Waals surface area contributed by atoms with E-state index < -0.39 is 0 Å². The molecule has 1 aliphatic rings. The predicted molar refractivity (Wildman–Crippen MR) is 74.0 cm³/mol. The average Bonchev–Trinajstić information content (AvgIpc) is 3.17. The Morgan fingerprint density at radius 2 is 2.15 bits per heavy atom. The van der Waals surface area contributed by atoms with Crippen LogP contribution in [0.1, 0.15) is 24.2 Å². The smallest absolute Gasteiger partial charge is 0.273 e. The van der Waals surface area contributed by atoms with Crippen LogP contribution in [0.2, 0.25) is 0 Å². The van der Waals surface area contributed by atoms with Gasteiger partial charge >= 0.3 is 0 Å². The van der Waals surface area contributed by atoms with Gasteiger partial charge in [-0.05, 0) is 12.8 Å². The maximum Gasteiger partial charge on any atom is 0.273 e. The average molecular weight is 272 g/mol. The van der Waals surface area contributed by atoms with E-state index in [1.807, 2.05) is 12.1 Å². The Bertz CT molecular complexity index is 593. The predicted octanol–water partition coefficient (Wildman–Crippen LogP) is 2.48. The van der Waals surface area contributed by atoms with Crippen molar-refractivity contribution in [2.75, 3.05) is 0 Å². The number of rotatable bonds is 6. The normalized spacial score (nSPS) is 14.7. The molecule has 0 saturated heterocycles. The number of imidazole rings is 1. The summed E-state index contributed by atoms with van der Waals surface area (Å²) in [6.07, 6.45) is 5.83. The summed E-state index contributed by atoms with van der Waals surface area (Å²) in [5, 5.41) is 11.1. The minimum absolute atomic E-state index is 0.192. The van der Waals surface area contributed by atoms with Crippen LogP contribution in [0.3, 0.4) is 0 Å². The summed E-state index contributed by atoms with van der Waals surface area (Å²) in [5.74, 6) is 0.899. The molecule has 0 atom stereocenters. The number of aromatic nitrogens is 2. The molecule has 6 heteroatoms. The van der Waals surface area contributed by atoms with Crippen LogP contribution in [0.25, 0.3) is 0 Å². The van der Waals surface area contributed by atoms with Crippen LogP contribution in [0.15, 0.2) is 36.7 Å². The number of para-hydroxylation sites is 1. The molecular weight excluding hydrogens is 256 g/mol. The van der Waals surface area contributed by atoms with E-state index in [9.17, 15) is 10.1 Å². The van der Waals surface area contributed by atoms with E-state index in [2.05, 4.69) is 14.9 Å². The highest BCUT2D eigenvalue weighted by atomic mass is 16.6. The van der Waals surface area contributed by atoms with E-state index in [4.69, 9.17) is 0 Å². The maximum absolute atomic E-state index is 11.1. The lowest BCUT2D eigenvalue weighted by atomic mass is 10.1. The van der Waals surface area contributed by atoms with Gasteiger partial charge in [-0.2, -0.15) is 0 Å². The number of nitro groups is 1. The first kappa shape index (κ1) is 12.8. The first-order valence-electron chi connectivity index (χ1n) is 6.68. The van der Waals surface area contributed by atoms with E-state index in [1.54, 1.807) is 24.5 Å². The van der Waals surface area contributed by atoms with Crippen molar-refractivity contribution in [1.29, 1.82) is 0 Å². The number of H-pyrrole nitrogens is 1. The summed E-state index contributed by atoms with van der Waals surface area (Å²) in [6.45, 7) is 1.28. The van der Waals surface area contributed by atoms with Crippen molar-refractivity contribution in [3.63, 3.8) is 0 Å². The second-order valence-electron chi connectivity index (χ2n) is 5.06. The van der Waals surface area contributed by atoms with Crippen molar-refractivity contribution in [3.05, 3.63) is 58.2 Å². The Kier molecular flexibility index (Phi) is 3.47. The molecule has 1 aromatic carbocycles. The molecule has 0 radical (unpaired) electrons. The molecule has 1 fully saturated rings. The SMILES string of the molecule is O=[N+]([O-])c1ccccc1CN(Cc1ncc[nH]1)C1CC1. The molecule has 3 rings (SSSR count). The van der Waals surface area contributed by atoms with Gasteiger partial charge in [-0.3, -0.25) is 15.0 Å². The molecule has 0 aliphatic heterocycles. The molecule has 0 amide bonds. The van der Waals surface area contributed by atoms with E-state index >= 15 is 0 Å². The molecule has 6 nitrogen and oxygen atoms in total. The van der Waals surface area contributed by atoms with Gasteiger partial charge in [0, 0.05) is 36.6 Å². The van der Waals surface area contributed by atoms with Gasteiger partial charge < -0.3 is 4.98 Å².